The highest BCUT2D eigenvalue weighted by Crippen LogP contribution is 2.38. The van der Waals surface area contributed by atoms with E-state index in [1.54, 1.807) is 14.2 Å². The lowest BCUT2D eigenvalue weighted by molar-refractivity contribution is -0.170. The van der Waals surface area contributed by atoms with Crippen LogP contribution in [0.1, 0.15) is 42.4 Å². The first-order valence-corrected chi connectivity index (χ1v) is 12.1. The summed E-state index contributed by atoms with van der Waals surface area (Å²) >= 11 is 0. The number of carboxylic acid groups (broad SMARTS) is 3. The number of aliphatic carboxylic acids is 3. The molecule has 1 saturated heterocycles. The number of carboxylic acids is 3. The number of carbonyl (C=O) groups is 3. The third-order valence-corrected chi connectivity index (χ3v) is 6.50. The highest BCUT2D eigenvalue weighted by Gasteiger charge is 2.41. The van der Waals surface area contributed by atoms with Crippen molar-refractivity contribution in [2.24, 2.45) is 0 Å². The van der Waals surface area contributed by atoms with E-state index < -0.39 is 42.0 Å². The van der Waals surface area contributed by atoms with E-state index in [0.717, 1.165) is 42.1 Å². The Bertz CT molecular complexity index is 1130. The first-order valence-electron chi connectivity index (χ1n) is 12.1. The van der Waals surface area contributed by atoms with Gasteiger partial charge in [0, 0.05) is 30.8 Å². The summed E-state index contributed by atoms with van der Waals surface area (Å²) in [5, 5.41) is 54.4. The number of benzene rings is 2. The van der Waals surface area contributed by atoms with Gasteiger partial charge in [-0.1, -0.05) is 24.3 Å². The fourth-order valence-corrected chi connectivity index (χ4v) is 4.41. The Morgan fingerprint density at radius 2 is 1.49 bits per heavy atom. The minimum atomic E-state index is -2.74. The van der Waals surface area contributed by atoms with Gasteiger partial charge in [0.1, 0.15) is 11.5 Å². The minimum absolute atomic E-state index is 0.0371. The molecule has 12 heteroatoms. The zero-order valence-electron chi connectivity index (χ0n) is 21.9. The van der Waals surface area contributed by atoms with Crippen molar-refractivity contribution in [1.82, 2.24) is 4.90 Å². The molecule has 12 nitrogen and oxygen atoms in total. The first-order chi connectivity index (χ1) is 18.4. The van der Waals surface area contributed by atoms with Crippen LogP contribution in [-0.2, 0) is 33.1 Å². The normalized spacial score (nSPS) is 15.0. The van der Waals surface area contributed by atoms with Crippen LogP contribution in [0, 0.1) is 0 Å². The van der Waals surface area contributed by atoms with Gasteiger partial charge in [0.05, 0.1) is 39.3 Å². The van der Waals surface area contributed by atoms with Crippen molar-refractivity contribution < 1.29 is 54.5 Å². The van der Waals surface area contributed by atoms with Crippen molar-refractivity contribution in [2.45, 2.75) is 50.0 Å². The molecule has 2 aromatic rings. The number of piperidine rings is 1. The smallest absolute Gasteiger partial charge is 0.336 e. The maximum atomic E-state index is 11.1. The number of hydrogen-bond acceptors (Lipinski definition) is 9. The molecular formula is C27H35NO11. The Kier molecular flexibility index (Phi) is 11.2. The predicted molar refractivity (Wildman–Crippen MR) is 137 cm³/mol. The van der Waals surface area contributed by atoms with Gasteiger partial charge in [-0.05, 0) is 36.6 Å². The quantitative estimate of drug-likeness (QED) is 0.236. The van der Waals surface area contributed by atoms with Gasteiger partial charge in [0.15, 0.2) is 5.60 Å². The third kappa shape index (κ3) is 8.65. The van der Waals surface area contributed by atoms with Gasteiger partial charge in [-0.25, -0.2) is 4.79 Å². The van der Waals surface area contributed by atoms with Crippen LogP contribution in [0.3, 0.4) is 0 Å². The van der Waals surface area contributed by atoms with E-state index in [1.807, 2.05) is 42.5 Å². The number of para-hydroxylation sites is 1. The molecule has 0 unspecified atom stereocenters. The number of aliphatic hydroxyl groups excluding tert-OH is 1. The highest BCUT2D eigenvalue weighted by atomic mass is 16.5. The second-order valence-electron chi connectivity index (χ2n) is 9.29. The largest absolute Gasteiger partial charge is 0.496 e. The van der Waals surface area contributed by atoms with Gasteiger partial charge in [-0.15, -0.1) is 0 Å². The molecule has 0 spiro atoms. The Hall–Kier alpha value is -3.71. The topological polar surface area (TPSA) is 194 Å². The number of hydrogen-bond donors (Lipinski definition) is 6. The number of nitrogens with zero attached hydrogens (tertiary/aromatic N) is 1. The van der Waals surface area contributed by atoms with Crippen LogP contribution in [0.15, 0.2) is 42.5 Å². The molecule has 0 atom stereocenters. The SMILES string of the molecule is COc1ccc(CN2CCC(O)(c3ccccc3OC)CC2)cc1CO.O=C(O)CC(O)(CC(=O)O)C(=O)O. The van der Waals surface area contributed by atoms with E-state index in [-0.39, 0.29) is 6.61 Å². The van der Waals surface area contributed by atoms with E-state index in [0.29, 0.717) is 18.6 Å². The number of aliphatic hydroxyl groups is 3. The Morgan fingerprint density at radius 1 is 0.923 bits per heavy atom. The van der Waals surface area contributed by atoms with Gasteiger partial charge in [-0.2, -0.15) is 0 Å². The second kappa shape index (κ2) is 13.9. The average Bonchev–Trinajstić information content (AvgIpc) is 2.89. The van der Waals surface area contributed by atoms with Crippen molar-refractivity contribution in [3.05, 3.63) is 59.2 Å². The molecule has 39 heavy (non-hydrogen) atoms. The molecule has 6 N–H and O–H groups in total. The van der Waals surface area contributed by atoms with E-state index in [9.17, 15) is 24.6 Å². The Labute approximate surface area is 225 Å². The van der Waals surface area contributed by atoms with E-state index in [4.69, 9.17) is 29.9 Å². The number of rotatable bonds is 11. The summed E-state index contributed by atoms with van der Waals surface area (Å²) in [5.41, 5.74) is -0.781. The van der Waals surface area contributed by atoms with Crippen LogP contribution in [0.4, 0.5) is 0 Å². The summed E-state index contributed by atoms with van der Waals surface area (Å²) in [7, 11) is 3.25. The molecule has 3 rings (SSSR count). The van der Waals surface area contributed by atoms with Gasteiger partial charge in [0.2, 0.25) is 0 Å². The van der Waals surface area contributed by atoms with E-state index in [2.05, 4.69) is 4.90 Å². The molecule has 0 saturated carbocycles. The van der Waals surface area contributed by atoms with E-state index in [1.165, 1.54) is 0 Å². The molecular weight excluding hydrogens is 514 g/mol. The van der Waals surface area contributed by atoms with Gasteiger partial charge in [0.25, 0.3) is 0 Å². The summed E-state index contributed by atoms with van der Waals surface area (Å²) in [6, 6.07) is 13.6. The van der Waals surface area contributed by atoms with Gasteiger partial charge < -0.3 is 40.1 Å². The van der Waals surface area contributed by atoms with Crippen molar-refractivity contribution in [2.75, 3.05) is 27.3 Å². The summed E-state index contributed by atoms with van der Waals surface area (Å²) in [6.07, 6.45) is -0.962. The highest BCUT2D eigenvalue weighted by molar-refractivity contribution is 5.88. The fourth-order valence-electron chi connectivity index (χ4n) is 4.41. The van der Waals surface area contributed by atoms with Crippen molar-refractivity contribution in [1.29, 1.82) is 0 Å². The molecule has 1 fully saturated rings. The second-order valence-corrected chi connectivity index (χ2v) is 9.29. The van der Waals surface area contributed by atoms with Crippen molar-refractivity contribution in [3.63, 3.8) is 0 Å². The van der Waals surface area contributed by atoms with Crippen LogP contribution >= 0.6 is 0 Å². The molecule has 0 radical (unpaired) electrons. The van der Waals surface area contributed by atoms with Crippen molar-refractivity contribution >= 4 is 17.9 Å². The van der Waals surface area contributed by atoms with Crippen molar-refractivity contribution in [3.8, 4) is 11.5 Å². The maximum Gasteiger partial charge on any atom is 0.336 e. The molecule has 1 aliphatic rings. The molecule has 0 bridgehead atoms. The number of methoxy groups -OCH3 is 2. The summed E-state index contributed by atoms with van der Waals surface area (Å²) in [4.78, 5) is 32.8. The van der Waals surface area contributed by atoms with Gasteiger partial charge in [-0.3, -0.25) is 14.5 Å². The summed E-state index contributed by atoms with van der Waals surface area (Å²) in [5.74, 6) is -3.57. The molecule has 1 heterocycles. The van der Waals surface area contributed by atoms with Crippen LogP contribution < -0.4 is 9.47 Å². The lowest BCUT2D eigenvalue weighted by Gasteiger charge is -2.39. The number of likely N-dealkylation sites (tertiary alicyclic amines) is 1. The van der Waals surface area contributed by atoms with Gasteiger partial charge >= 0.3 is 17.9 Å². The van der Waals surface area contributed by atoms with E-state index >= 15 is 0 Å². The first kappa shape index (κ1) is 31.5. The fraction of sp³-hybridized carbons (Fsp3) is 0.444. The molecule has 0 aromatic heterocycles. The predicted octanol–water partition coefficient (Wildman–Crippen LogP) is 1.43. The Balaban J connectivity index is 0.000000349. The minimum Gasteiger partial charge on any atom is -0.496 e. The lowest BCUT2D eigenvalue weighted by atomic mass is 9.83. The van der Waals surface area contributed by atoms with Crippen LogP contribution in [0.2, 0.25) is 0 Å². The standard InChI is InChI=1S/C21H27NO4.C6H8O7/c1-25-19-8-7-16(13-17(19)15-23)14-22-11-9-21(24,10-12-22)18-5-3-4-6-20(18)26-2;7-3(8)1-6(13,5(11)12)2-4(9)10/h3-8,13,23-24H,9-12,14-15H2,1-2H3;13H,1-2H2,(H,7,8)(H,9,10)(H,11,12). The average molecular weight is 550 g/mol. The maximum absolute atomic E-state index is 11.1. The molecule has 1 aliphatic heterocycles. The van der Waals surface area contributed by atoms with Crippen LogP contribution in [0.5, 0.6) is 11.5 Å². The molecule has 0 amide bonds. The molecule has 2 aromatic carbocycles. The number of ether oxygens (including phenoxy) is 2. The Morgan fingerprint density at radius 3 is 1.97 bits per heavy atom. The zero-order valence-corrected chi connectivity index (χ0v) is 21.9. The lowest BCUT2D eigenvalue weighted by Crippen LogP contribution is -2.42. The molecule has 0 aliphatic carbocycles. The summed E-state index contributed by atoms with van der Waals surface area (Å²) < 4.78 is 10.7. The molecule has 214 valence electrons. The summed E-state index contributed by atoms with van der Waals surface area (Å²) in [6.45, 7) is 2.35. The zero-order chi connectivity index (χ0) is 29.2. The monoisotopic (exact) mass is 549 g/mol. The van der Waals surface area contributed by atoms with Crippen LogP contribution in [0.25, 0.3) is 0 Å². The third-order valence-electron chi connectivity index (χ3n) is 6.50. The van der Waals surface area contributed by atoms with Crippen LogP contribution in [-0.4, -0.2) is 86.4 Å².